The van der Waals surface area contributed by atoms with Gasteiger partial charge in [0.1, 0.15) is 11.5 Å². The van der Waals surface area contributed by atoms with Gasteiger partial charge >= 0.3 is 15.6 Å². The maximum absolute atomic E-state index is 12.7. The fourth-order valence-electron chi connectivity index (χ4n) is 4.43. The number of phosphoric ester groups is 2. The van der Waals surface area contributed by atoms with E-state index in [2.05, 4.69) is 15.0 Å². The number of halogens is 2. The second-order valence-electron chi connectivity index (χ2n) is 9.07. The zero-order valence-corrected chi connectivity index (χ0v) is 24.2. The summed E-state index contributed by atoms with van der Waals surface area (Å²) >= 11 is 12.0. The minimum atomic E-state index is -4.66. The quantitative estimate of drug-likeness (QED) is 0.166. The molecule has 0 bridgehead atoms. The highest BCUT2D eigenvalue weighted by Gasteiger charge is 2.46. The Hall–Kier alpha value is -2.93. The number of aromatic amines is 1. The molecule has 41 heavy (non-hydrogen) atoms. The first-order chi connectivity index (χ1) is 19.4. The average Bonchev–Trinajstić information content (AvgIpc) is 3.29. The van der Waals surface area contributed by atoms with E-state index in [9.17, 15) is 23.7 Å². The van der Waals surface area contributed by atoms with Crippen LogP contribution < -0.4 is 20.3 Å². The van der Waals surface area contributed by atoms with Gasteiger partial charge in [0.25, 0.3) is 5.56 Å². The second kappa shape index (κ2) is 11.7. The number of nitrogen functional groups attached to an aromatic ring is 1. The standard InChI is InChI=1S/C23H23Cl2N5O9P2/c24-15-5-1-3-7-18(15)38-40(32,33)36-10-13-9-17(30-12-27-20-21(30)28-23(26)29-22(20)31)14(13)11-37-41(34,35)39-19-8-4-2-6-16(19)25/h1-8,12-14,17H,9-11H2,(H,32,33)(H,34,35)(H3,26,28,29,31). The van der Waals surface area contributed by atoms with Crippen LogP contribution in [0.3, 0.4) is 0 Å². The van der Waals surface area contributed by atoms with E-state index in [4.69, 9.17) is 47.0 Å². The molecule has 0 radical (unpaired) electrons. The molecule has 2 heterocycles. The number of aromatic nitrogens is 4. The predicted molar refractivity (Wildman–Crippen MR) is 149 cm³/mol. The van der Waals surface area contributed by atoms with Crippen LogP contribution in [0.5, 0.6) is 11.5 Å². The van der Waals surface area contributed by atoms with E-state index in [1.54, 1.807) is 28.8 Å². The van der Waals surface area contributed by atoms with Crippen LogP contribution >= 0.6 is 38.8 Å². The molecule has 2 aromatic heterocycles. The van der Waals surface area contributed by atoms with Gasteiger partial charge in [-0.15, -0.1) is 0 Å². The van der Waals surface area contributed by atoms with Crippen molar-refractivity contribution in [2.24, 2.45) is 11.8 Å². The summed E-state index contributed by atoms with van der Waals surface area (Å²) in [6, 6.07) is 11.7. The molecular weight excluding hydrogens is 623 g/mol. The summed E-state index contributed by atoms with van der Waals surface area (Å²) in [5, 5.41) is 0.223. The molecule has 0 aliphatic heterocycles. The molecule has 14 nitrogen and oxygen atoms in total. The van der Waals surface area contributed by atoms with Crippen molar-refractivity contribution in [1.29, 1.82) is 0 Å². The zero-order chi connectivity index (χ0) is 29.4. The van der Waals surface area contributed by atoms with Gasteiger partial charge in [0.2, 0.25) is 5.95 Å². The number of para-hydroxylation sites is 2. The number of nitrogens with two attached hydrogens (primary N) is 1. The lowest BCUT2D eigenvalue weighted by Gasteiger charge is -2.45. The summed E-state index contributed by atoms with van der Waals surface area (Å²) in [6.07, 6.45) is 1.72. The number of rotatable bonds is 11. The fourth-order valence-corrected chi connectivity index (χ4v) is 6.55. The van der Waals surface area contributed by atoms with Gasteiger partial charge in [-0.25, -0.2) is 14.1 Å². The van der Waals surface area contributed by atoms with Gasteiger partial charge in [0.05, 0.1) is 29.6 Å². The van der Waals surface area contributed by atoms with Gasteiger partial charge < -0.3 is 19.3 Å². The largest absolute Gasteiger partial charge is 0.527 e. The van der Waals surface area contributed by atoms with Crippen LogP contribution in [0.4, 0.5) is 5.95 Å². The molecule has 5 atom stereocenters. The molecule has 1 aliphatic carbocycles. The van der Waals surface area contributed by atoms with E-state index in [0.717, 1.165) is 0 Å². The van der Waals surface area contributed by atoms with Crippen molar-refractivity contribution in [2.45, 2.75) is 12.5 Å². The molecule has 0 saturated heterocycles. The van der Waals surface area contributed by atoms with Crippen molar-refractivity contribution >= 4 is 56.0 Å². The Balaban J connectivity index is 1.34. The van der Waals surface area contributed by atoms with Crippen LogP contribution in [0.2, 0.25) is 10.0 Å². The number of nitrogens with zero attached hydrogens (tertiary/aromatic N) is 3. The Morgan fingerprint density at radius 2 is 1.54 bits per heavy atom. The second-order valence-corrected chi connectivity index (χ2v) is 12.6. The van der Waals surface area contributed by atoms with Crippen molar-refractivity contribution in [3.8, 4) is 11.5 Å². The highest BCUT2D eigenvalue weighted by molar-refractivity contribution is 7.48. The molecule has 5 unspecified atom stereocenters. The van der Waals surface area contributed by atoms with Crippen LogP contribution in [0.25, 0.3) is 11.2 Å². The normalized spacial score (nSPS) is 21.5. The first-order valence-corrected chi connectivity index (χ1v) is 15.7. The number of imidazole rings is 1. The van der Waals surface area contributed by atoms with Crippen LogP contribution in [0.15, 0.2) is 59.7 Å². The minimum absolute atomic E-state index is 0.0388. The summed E-state index contributed by atoms with van der Waals surface area (Å²) in [5.41, 5.74) is 5.41. The van der Waals surface area contributed by atoms with Gasteiger partial charge in [-0.1, -0.05) is 47.5 Å². The molecule has 1 fully saturated rings. The lowest BCUT2D eigenvalue weighted by atomic mass is 9.70. The summed E-state index contributed by atoms with van der Waals surface area (Å²) in [5.74, 6) is -1.27. The number of fused-ring (bicyclic) bond motifs is 1. The molecular formula is C23H23Cl2N5O9P2. The summed E-state index contributed by atoms with van der Waals surface area (Å²) < 4.78 is 47.7. The van der Waals surface area contributed by atoms with Crippen LogP contribution in [0.1, 0.15) is 12.5 Å². The SMILES string of the molecule is Nc1nc2c(ncn2C2CC(COP(=O)(O)Oc3ccccc3Cl)C2COP(=O)(O)Oc2ccccc2Cl)c(=O)[nH]1. The Morgan fingerprint density at radius 1 is 0.976 bits per heavy atom. The number of hydrogen-bond donors (Lipinski definition) is 4. The highest BCUT2D eigenvalue weighted by Crippen LogP contribution is 2.53. The summed E-state index contributed by atoms with van der Waals surface area (Å²) in [4.78, 5) is 43.5. The van der Waals surface area contributed by atoms with E-state index >= 15 is 0 Å². The lowest BCUT2D eigenvalue weighted by molar-refractivity contribution is -0.00443. The highest BCUT2D eigenvalue weighted by atomic mass is 35.5. The van der Waals surface area contributed by atoms with Gasteiger partial charge in [0.15, 0.2) is 11.2 Å². The average molecular weight is 646 g/mol. The van der Waals surface area contributed by atoms with E-state index in [1.807, 2.05) is 0 Å². The van der Waals surface area contributed by atoms with Crippen molar-refractivity contribution in [3.63, 3.8) is 0 Å². The number of nitrogens with one attached hydrogen (secondary N) is 1. The van der Waals surface area contributed by atoms with Gasteiger partial charge in [-0.2, -0.15) is 4.98 Å². The predicted octanol–water partition coefficient (Wildman–Crippen LogP) is 4.58. The molecule has 5 N–H and O–H groups in total. The molecule has 1 saturated carbocycles. The Morgan fingerprint density at radius 3 is 2.12 bits per heavy atom. The maximum atomic E-state index is 12.7. The first kappa shape index (κ1) is 29.6. The number of hydrogen-bond acceptors (Lipinski definition) is 10. The number of benzene rings is 2. The third-order valence-electron chi connectivity index (χ3n) is 6.43. The smallest absolute Gasteiger partial charge is 0.403 e. The Bertz CT molecular complexity index is 1740. The molecule has 0 spiro atoms. The first-order valence-electron chi connectivity index (χ1n) is 12.0. The minimum Gasteiger partial charge on any atom is -0.403 e. The number of phosphoric acid groups is 2. The maximum Gasteiger partial charge on any atom is 0.527 e. The zero-order valence-electron chi connectivity index (χ0n) is 20.9. The van der Waals surface area contributed by atoms with E-state index in [-0.39, 0.29) is 51.9 Å². The topological polar surface area (TPSA) is 201 Å². The molecule has 18 heteroatoms. The van der Waals surface area contributed by atoms with E-state index in [1.165, 1.54) is 30.6 Å². The summed E-state index contributed by atoms with van der Waals surface area (Å²) in [6.45, 7) is -0.636. The van der Waals surface area contributed by atoms with E-state index < -0.39 is 39.1 Å². The fraction of sp³-hybridized carbons (Fsp3) is 0.261. The van der Waals surface area contributed by atoms with Gasteiger partial charge in [-0.05, 0) is 36.6 Å². The molecule has 0 amide bonds. The van der Waals surface area contributed by atoms with E-state index in [0.29, 0.717) is 6.42 Å². The molecule has 4 aromatic rings. The number of H-pyrrole nitrogens is 1. The van der Waals surface area contributed by atoms with Gasteiger partial charge in [0, 0.05) is 12.0 Å². The molecule has 5 rings (SSSR count). The van der Waals surface area contributed by atoms with Gasteiger partial charge in [-0.3, -0.25) is 28.6 Å². The molecule has 218 valence electrons. The lowest BCUT2D eigenvalue weighted by Crippen LogP contribution is -2.43. The third-order valence-corrected chi connectivity index (χ3v) is 8.86. The van der Waals surface area contributed by atoms with Crippen molar-refractivity contribution in [1.82, 2.24) is 19.5 Å². The molecule has 2 aromatic carbocycles. The van der Waals surface area contributed by atoms with Crippen LogP contribution in [0, 0.1) is 11.8 Å². The van der Waals surface area contributed by atoms with Crippen LogP contribution in [-0.2, 0) is 18.2 Å². The number of anilines is 1. The third kappa shape index (κ3) is 6.77. The Labute approximate surface area is 242 Å². The molecule has 1 aliphatic rings. The van der Waals surface area contributed by atoms with Crippen molar-refractivity contribution < 1.29 is 37.0 Å². The van der Waals surface area contributed by atoms with Crippen molar-refractivity contribution in [3.05, 3.63) is 75.3 Å². The van der Waals surface area contributed by atoms with Crippen molar-refractivity contribution in [2.75, 3.05) is 18.9 Å². The van der Waals surface area contributed by atoms with Crippen LogP contribution in [-0.4, -0.2) is 42.5 Å². The summed E-state index contributed by atoms with van der Waals surface area (Å²) in [7, 11) is -9.25. The monoisotopic (exact) mass is 645 g/mol. The Kier molecular flexibility index (Phi) is 8.47.